The maximum absolute atomic E-state index is 5.93. The number of benzene rings is 2. The average molecular weight is 362 g/mol. The van der Waals surface area contributed by atoms with Crippen LogP contribution in [-0.4, -0.2) is 9.97 Å². The van der Waals surface area contributed by atoms with Gasteiger partial charge in [0.15, 0.2) is 5.16 Å². The van der Waals surface area contributed by atoms with Crippen molar-refractivity contribution in [2.24, 2.45) is 5.73 Å². The van der Waals surface area contributed by atoms with Crippen molar-refractivity contribution in [1.82, 2.24) is 9.97 Å². The molecule has 0 aliphatic heterocycles. The number of nitrogens with zero attached hydrogens (tertiary/aromatic N) is 1. The van der Waals surface area contributed by atoms with Crippen LogP contribution in [-0.2, 0) is 0 Å². The van der Waals surface area contributed by atoms with Crippen LogP contribution in [0.15, 0.2) is 50.9 Å². The Kier molecular flexibility index (Phi) is 4.06. The van der Waals surface area contributed by atoms with Gasteiger partial charge in [-0.2, -0.15) is 0 Å². The summed E-state index contributed by atoms with van der Waals surface area (Å²) in [6.45, 7) is 4.06. The molecule has 1 atom stereocenters. The zero-order valence-corrected chi connectivity index (χ0v) is 14.3. The van der Waals surface area contributed by atoms with E-state index in [0.717, 1.165) is 31.1 Å². The molecule has 108 valence electrons. The first-order valence-corrected chi connectivity index (χ1v) is 8.33. The van der Waals surface area contributed by atoms with E-state index in [9.17, 15) is 0 Å². The second-order valence-corrected chi connectivity index (χ2v) is 7.05. The number of rotatable bonds is 3. The summed E-state index contributed by atoms with van der Waals surface area (Å²) in [5.74, 6) is 0. The summed E-state index contributed by atoms with van der Waals surface area (Å²) in [5.41, 5.74) is 10.3. The second-order valence-electron chi connectivity index (χ2n) is 5.14. The Balaban J connectivity index is 1.89. The normalized spacial score (nSPS) is 12.8. The van der Waals surface area contributed by atoms with E-state index < -0.39 is 0 Å². The van der Waals surface area contributed by atoms with Crippen LogP contribution in [0.1, 0.15) is 24.1 Å². The van der Waals surface area contributed by atoms with Crippen molar-refractivity contribution in [3.8, 4) is 0 Å². The third kappa shape index (κ3) is 3.15. The van der Waals surface area contributed by atoms with Gasteiger partial charge in [-0.1, -0.05) is 39.8 Å². The number of hydrogen-bond donors (Lipinski definition) is 2. The number of halogens is 1. The molecule has 3 rings (SSSR count). The number of fused-ring (bicyclic) bond motifs is 1. The highest BCUT2D eigenvalue weighted by Crippen LogP contribution is 2.32. The summed E-state index contributed by atoms with van der Waals surface area (Å²) in [4.78, 5) is 9.08. The fourth-order valence-corrected chi connectivity index (χ4v) is 3.93. The fraction of sp³-hybridized carbons (Fsp3) is 0.188. The van der Waals surface area contributed by atoms with Gasteiger partial charge in [0.2, 0.25) is 0 Å². The van der Waals surface area contributed by atoms with Gasteiger partial charge < -0.3 is 10.7 Å². The number of nitrogens with one attached hydrogen (secondary N) is 1. The summed E-state index contributed by atoms with van der Waals surface area (Å²) in [7, 11) is 0. The molecule has 1 heterocycles. The standard InChI is InChI=1S/C16H16BrN3S/c1-9-3-6-14-15(7-9)20-16(19-14)21-11-4-5-12(10(2)18)13(17)8-11/h3-8,10H,18H2,1-2H3,(H,19,20)/t10-/m0/s1. The Bertz CT molecular complexity index is 795. The molecule has 1 aromatic heterocycles. The molecule has 5 heteroatoms. The van der Waals surface area contributed by atoms with Gasteiger partial charge in [-0.15, -0.1) is 0 Å². The number of aryl methyl sites for hydroxylation is 1. The lowest BCUT2D eigenvalue weighted by molar-refractivity contribution is 0.811. The molecule has 0 fully saturated rings. The lowest BCUT2D eigenvalue weighted by Gasteiger charge is -2.09. The molecular weight excluding hydrogens is 346 g/mol. The topological polar surface area (TPSA) is 54.7 Å². The molecule has 3 nitrogen and oxygen atoms in total. The van der Waals surface area contributed by atoms with Crippen molar-refractivity contribution in [3.05, 3.63) is 52.0 Å². The van der Waals surface area contributed by atoms with E-state index in [4.69, 9.17) is 5.73 Å². The van der Waals surface area contributed by atoms with Gasteiger partial charge in [-0.3, -0.25) is 0 Å². The van der Waals surface area contributed by atoms with E-state index in [1.807, 2.05) is 13.0 Å². The quantitative estimate of drug-likeness (QED) is 0.703. The summed E-state index contributed by atoms with van der Waals surface area (Å²) in [6.07, 6.45) is 0. The van der Waals surface area contributed by atoms with Crippen LogP contribution >= 0.6 is 27.7 Å². The molecule has 0 radical (unpaired) electrons. The minimum absolute atomic E-state index is 0.0209. The number of aromatic amines is 1. The van der Waals surface area contributed by atoms with E-state index in [1.165, 1.54) is 5.56 Å². The zero-order chi connectivity index (χ0) is 15.0. The van der Waals surface area contributed by atoms with Crippen LogP contribution in [0.4, 0.5) is 0 Å². The minimum atomic E-state index is 0.0209. The Hall–Kier alpha value is -1.30. The van der Waals surface area contributed by atoms with Crippen molar-refractivity contribution in [2.75, 3.05) is 0 Å². The van der Waals surface area contributed by atoms with E-state index in [0.29, 0.717) is 0 Å². The average Bonchev–Trinajstić information content (AvgIpc) is 2.79. The smallest absolute Gasteiger partial charge is 0.171 e. The highest BCUT2D eigenvalue weighted by atomic mass is 79.9. The third-order valence-corrected chi connectivity index (χ3v) is 4.86. The van der Waals surface area contributed by atoms with Gasteiger partial charge in [-0.05, 0) is 49.2 Å². The highest BCUT2D eigenvalue weighted by Gasteiger charge is 2.09. The van der Waals surface area contributed by atoms with Crippen molar-refractivity contribution in [1.29, 1.82) is 0 Å². The fourth-order valence-electron chi connectivity index (χ4n) is 2.20. The predicted octanol–water partition coefficient (Wildman–Crippen LogP) is 4.80. The molecule has 0 amide bonds. The Morgan fingerprint density at radius 2 is 2.05 bits per heavy atom. The number of H-pyrrole nitrogens is 1. The number of nitrogens with two attached hydrogens (primary N) is 1. The van der Waals surface area contributed by atoms with Gasteiger partial charge in [0.1, 0.15) is 0 Å². The first-order valence-electron chi connectivity index (χ1n) is 6.72. The molecule has 21 heavy (non-hydrogen) atoms. The van der Waals surface area contributed by atoms with Gasteiger partial charge >= 0.3 is 0 Å². The molecule has 0 bridgehead atoms. The van der Waals surface area contributed by atoms with Gasteiger partial charge in [0.25, 0.3) is 0 Å². The first kappa shape index (κ1) is 14.6. The number of hydrogen-bond acceptors (Lipinski definition) is 3. The summed E-state index contributed by atoms with van der Waals surface area (Å²) in [6, 6.07) is 12.5. The van der Waals surface area contributed by atoms with E-state index in [-0.39, 0.29) is 6.04 Å². The maximum Gasteiger partial charge on any atom is 0.171 e. The molecule has 0 saturated carbocycles. The molecule has 3 N–H and O–H groups in total. The first-order chi connectivity index (χ1) is 10.0. The lowest BCUT2D eigenvalue weighted by Crippen LogP contribution is -2.05. The number of imidazole rings is 1. The van der Waals surface area contributed by atoms with E-state index in [2.05, 4.69) is 63.2 Å². The Morgan fingerprint density at radius 1 is 1.24 bits per heavy atom. The van der Waals surface area contributed by atoms with Crippen LogP contribution in [0.3, 0.4) is 0 Å². The van der Waals surface area contributed by atoms with E-state index >= 15 is 0 Å². The second kappa shape index (κ2) is 5.83. The van der Waals surface area contributed by atoms with Gasteiger partial charge in [0.05, 0.1) is 11.0 Å². The maximum atomic E-state index is 5.93. The predicted molar refractivity (Wildman–Crippen MR) is 91.7 cm³/mol. The SMILES string of the molecule is Cc1ccc2nc(Sc3ccc([C@H](C)N)c(Br)c3)[nH]c2c1. The van der Waals surface area contributed by atoms with Crippen LogP contribution in [0.25, 0.3) is 11.0 Å². The molecular formula is C16H16BrN3S. The summed E-state index contributed by atoms with van der Waals surface area (Å²) in [5, 5.41) is 0.899. The van der Waals surface area contributed by atoms with Crippen LogP contribution in [0, 0.1) is 6.92 Å². The Morgan fingerprint density at radius 3 is 2.76 bits per heavy atom. The number of aromatic nitrogens is 2. The Labute approximate surface area is 136 Å². The summed E-state index contributed by atoms with van der Waals surface area (Å²) >= 11 is 5.20. The molecule has 2 aromatic carbocycles. The monoisotopic (exact) mass is 361 g/mol. The molecule has 0 aliphatic rings. The largest absolute Gasteiger partial charge is 0.333 e. The minimum Gasteiger partial charge on any atom is -0.333 e. The molecule has 0 unspecified atom stereocenters. The van der Waals surface area contributed by atoms with Gasteiger partial charge in [0, 0.05) is 15.4 Å². The lowest BCUT2D eigenvalue weighted by atomic mass is 10.1. The van der Waals surface area contributed by atoms with Crippen molar-refractivity contribution in [2.45, 2.75) is 29.9 Å². The highest BCUT2D eigenvalue weighted by molar-refractivity contribution is 9.10. The van der Waals surface area contributed by atoms with Crippen molar-refractivity contribution >= 4 is 38.7 Å². The van der Waals surface area contributed by atoms with E-state index in [1.54, 1.807) is 11.8 Å². The molecule has 0 spiro atoms. The summed E-state index contributed by atoms with van der Waals surface area (Å²) < 4.78 is 1.04. The van der Waals surface area contributed by atoms with Crippen molar-refractivity contribution in [3.63, 3.8) is 0 Å². The zero-order valence-electron chi connectivity index (χ0n) is 11.9. The third-order valence-electron chi connectivity index (χ3n) is 3.29. The molecule has 3 aromatic rings. The van der Waals surface area contributed by atoms with Crippen LogP contribution < -0.4 is 5.73 Å². The van der Waals surface area contributed by atoms with Crippen LogP contribution in [0.2, 0.25) is 0 Å². The van der Waals surface area contributed by atoms with Crippen molar-refractivity contribution < 1.29 is 0 Å². The molecule has 0 aliphatic carbocycles. The molecule has 0 saturated heterocycles. The van der Waals surface area contributed by atoms with Crippen LogP contribution in [0.5, 0.6) is 0 Å². The van der Waals surface area contributed by atoms with Gasteiger partial charge in [-0.25, -0.2) is 4.98 Å².